The summed E-state index contributed by atoms with van der Waals surface area (Å²) in [6, 6.07) is 5.63. The Bertz CT molecular complexity index is 536. The predicted molar refractivity (Wildman–Crippen MR) is 80.0 cm³/mol. The summed E-state index contributed by atoms with van der Waals surface area (Å²) in [5, 5.41) is 12.5. The molecule has 21 heavy (non-hydrogen) atoms. The van der Waals surface area contributed by atoms with Crippen molar-refractivity contribution in [1.29, 1.82) is 0 Å². The van der Waals surface area contributed by atoms with E-state index < -0.39 is 0 Å². The molecular weight excluding hydrogens is 268 g/mol. The molecule has 0 aromatic carbocycles. The summed E-state index contributed by atoms with van der Waals surface area (Å²) in [6.45, 7) is 2.47. The van der Waals surface area contributed by atoms with Gasteiger partial charge in [-0.15, -0.1) is 0 Å². The van der Waals surface area contributed by atoms with Crippen molar-refractivity contribution in [3.05, 3.63) is 42.6 Å². The molecule has 0 saturated heterocycles. The molecular formula is C15H20N4O2. The number of nitrogens with zero attached hydrogens (tertiary/aromatic N) is 3. The number of ether oxygens (including phenoxy) is 1. The van der Waals surface area contributed by atoms with E-state index in [0.29, 0.717) is 18.2 Å². The monoisotopic (exact) mass is 288 g/mol. The molecule has 0 spiro atoms. The molecule has 6 heteroatoms. The Morgan fingerprint density at radius 2 is 2.24 bits per heavy atom. The molecule has 2 N–H and O–H groups in total. The number of rotatable bonds is 8. The first-order valence-corrected chi connectivity index (χ1v) is 7.03. The van der Waals surface area contributed by atoms with Crippen molar-refractivity contribution in [2.24, 2.45) is 0 Å². The third-order valence-corrected chi connectivity index (χ3v) is 2.98. The molecule has 112 valence electrons. The summed E-state index contributed by atoms with van der Waals surface area (Å²) < 4.78 is 5.72. The SMILES string of the molecule is CCCC(CO)Nc1ncncc1OCc1ccccn1. The first-order valence-electron chi connectivity index (χ1n) is 7.03. The number of hydrogen-bond donors (Lipinski definition) is 2. The maximum atomic E-state index is 9.36. The zero-order valence-electron chi connectivity index (χ0n) is 12.1. The number of aliphatic hydroxyl groups excluding tert-OH is 1. The van der Waals surface area contributed by atoms with Crippen LogP contribution >= 0.6 is 0 Å². The van der Waals surface area contributed by atoms with Gasteiger partial charge in [-0.1, -0.05) is 19.4 Å². The summed E-state index contributed by atoms with van der Waals surface area (Å²) in [5.74, 6) is 1.14. The first-order chi connectivity index (χ1) is 10.3. The van der Waals surface area contributed by atoms with Crippen LogP contribution in [-0.4, -0.2) is 32.7 Å². The molecule has 0 bridgehead atoms. The summed E-state index contributed by atoms with van der Waals surface area (Å²) in [6.07, 6.45) is 6.63. The molecule has 0 fully saturated rings. The Kier molecular flexibility index (Phi) is 5.90. The van der Waals surface area contributed by atoms with Crippen molar-refractivity contribution >= 4 is 5.82 Å². The molecule has 2 heterocycles. The van der Waals surface area contributed by atoms with Crippen molar-refractivity contribution in [3.63, 3.8) is 0 Å². The number of pyridine rings is 1. The van der Waals surface area contributed by atoms with Crippen molar-refractivity contribution < 1.29 is 9.84 Å². The van der Waals surface area contributed by atoms with E-state index >= 15 is 0 Å². The molecule has 2 rings (SSSR count). The topological polar surface area (TPSA) is 80.2 Å². The van der Waals surface area contributed by atoms with Crippen molar-refractivity contribution in [1.82, 2.24) is 15.0 Å². The van der Waals surface area contributed by atoms with Gasteiger partial charge in [-0.3, -0.25) is 4.98 Å². The minimum atomic E-state index is -0.0397. The summed E-state index contributed by atoms with van der Waals surface area (Å²) >= 11 is 0. The second-order valence-corrected chi connectivity index (χ2v) is 4.66. The maximum Gasteiger partial charge on any atom is 0.180 e. The molecule has 2 aromatic heterocycles. The number of anilines is 1. The van der Waals surface area contributed by atoms with Gasteiger partial charge in [0.2, 0.25) is 0 Å². The second-order valence-electron chi connectivity index (χ2n) is 4.66. The lowest BCUT2D eigenvalue weighted by Gasteiger charge is -2.18. The number of aliphatic hydroxyl groups is 1. The van der Waals surface area contributed by atoms with Crippen molar-refractivity contribution in [3.8, 4) is 5.75 Å². The molecule has 6 nitrogen and oxygen atoms in total. The molecule has 0 amide bonds. The Labute approximate surface area is 124 Å². The third kappa shape index (κ3) is 4.68. The van der Waals surface area contributed by atoms with Crippen molar-refractivity contribution in [2.75, 3.05) is 11.9 Å². The van der Waals surface area contributed by atoms with Crippen LogP contribution < -0.4 is 10.1 Å². The zero-order chi connectivity index (χ0) is 14.9. The number of hydrogen-bond acceptors (Lipinski definition) is 6. The van der Waals surface area contributed by atoms with Crippen LogP contribution in [0.1, 0.15) is 25.5 Å². The van der Waals surface area contributed by atoms with Gasteiger partial charge >= 0.3 is 0 Å². The van der Waals surface area contributed by atoms with Gasteiger partial charge in [0.15, 0.2) is 11.6 Å². The standard InChI is InChI=1S/C15H20N4O2/c1-2-5-12(9-20)19-15-14(8-16-11-18-15)21-10-13-6-3-4-7-17-13/h3-4,6-8,11-12,20H,2,5,9-10H2,1H3,(H,16,18,19). The fourth-order valence-electron chi connectivity index (χ4n) is 1.92. The average Bonchev–Trinajstić information content (AvgIpc) is 2.54. The van der Waals surface area contributed by atoms with E-state index in [2.05, 4.69) is 27.2 Å². The molecule has 0 aliphatic rings. The maximum absolute atomic E-state index is 9.36. The van der Waals surface area contributed by atoms with E-state index in [1.54, 1.807) is 12.4 Å². The van der Waals surface area contributed by atoms with Gasteiger partial charge in [0.05, 0.1) is 24.5 Å². The van der Waals surface area contributed by atoms with Gasteiger partial charge < -0.3 is 15.2 Å². The van der Waals surface area contributed by atoms with E-state index in [4.69, 9.17) is 4.74 Å². The van der Waals surface area contributed by atoms with Crippen LogP contribution in [0.4, 0.5) is 5.82 Å². The lowest BCUT2D eigenvalue weighted by Crippen LogP contribution is -2.24. The lowest BCUT2D eigenvalue weighted by atomic mass is 10.2. The highest BCUT2D eigenvalue weighted by Gasteiger charge is 2.11. The zero-order valence-corrected chi connectivity index (χ0v) is 12.1. The smallest absolute Gasteiger partial charge is 0.180 e. The Balaban J connectivity index is 2.02. The minimum absolute atomic E-state index is 0.0397. The van der Waals surface area contributed by atoms with Crippen LogP contribution in [0.5, 0.6) is 5.75 Å². The molecule has 1 unspecified atom stereocenters. The van der Waals surface area contributed by atoms with Crippen LogP contribution in [0.15, 0.2) is 36.9 Å². The van der Waals surface area contributed by atoms with Crippen molar-refractivity contribution in [2.45, 2.75) is 32.4 Å². The van der Waals surface area contributed by atoms with E-state index in [1.807, 2.05) is 18.2 Å². The van der Waals surface area contributed by atoms with Gasteiger partial charge in [0.25, 0.3) is 0 Å². The van der Waals surface area contributed by atoms with Crippen LogP contribution in [-0.2, 0) is 6.61 Å². The van der Waals surface area contributed by atoms with Crippen LogP contribution in [0.3, 0.4) is 0 Å². The largest absolute Gasteiger partial charge is 0.482 e. The Morgan fingerprint density at radius 3 is 2.95 bits per heavy atom. The predicted octanol–water partition coefficient (Wildman–Crippen LogP) is 2.02. The van der Waals surface area contributed by atoms with E-state index in [-0.39, 0.29) is 12.6 Å². The lowest BCUT2D eigenvalue weighted by molar-refractivity contribution is 0.266. The highest BCUT2D eigenvalue weighted by Crippen LogP contribution is 2.22. The molecule has 0 saturated carbocycles. The fraction of sp³-hybridized carbons (Fsp3) is 0.400. The molecule has 1 atom stereocenters. The van der Waals surface area contributed by atoms with Gasteiger partial charge in [-0.25, -0.2) is 9.97 Å². The fourth-order valence-corrected chi connectivity index (χ4v) is 1.92. The van der Waals surface area contributed by atoms with Crippen LogP contribution in [0, 0.1) is 0 Å². The highest BCUT2D eigenvalue weighted by atomic mass is 16.5. The normalized spacial score (nSPS) is 11.9. The first kappa shape index (κ1) is 15.2. The minimum Gasteiger partial charge on any atom is -0.482 e. The van der Waals surface area contributed by atoms with Crippen LogP contribution in [0.25, 0.3) is 0 Å². The molecule has 2 aromatic rings. The molecule has 0 radical (unpaired) electrons. The molecule has 0 aliphatic heterocycles. The quantitative estimate of drug-likeness (QED) is 0.773. The third-order valence-electron chi connectivity index (χ3n) is 2.98. The van der Waals surface area contributed by atoms with E-state index in [9.17, 15) is 5.11 Å². The number of nitrogens with one attached hydrogen (secondary N) is 1. The van der Waals surface area contributed by atoms with Gasteiger partial charge in [-0.2, -0.15) is 0 Å². The average molecular weight is 288 g/mol. The van der Waals surface area contributed by atoms with Gasteiger partial charge in [-0.05, 0) is 18.6 Å². The Hall–Kier alpha value is -2.21. The van der Waals surface area contributed by atoms with Gasteiger partial charge in [0.1, 0.15) is 12.9 Å². The van der Waals surface area contributed by atoms with E-state index in [0.717, 1.165) is 18.5 Å². The molecule has 0 aliphatic carbocycles. The Morgan fingerprint density at radius 1 is 1.33 bits per heavy atom. The van der Waals surface area contributed by atoms with Crippen LogP contribution in [0.2, 0.25) is 0 Å². The number of aromatic nitrogens is 3. The highest BCUT2D eigenvalue weighted by molar-refractivity contribution is 5.48. The summed E-state index contributed by atoms with van der Waals surface area (Å²) in [5.41, 5.74) is 0.833. The van der Waals surface area contributed by atoms with E-state index in [1.165, 1.54) is 6.33 Å². The summed E-state index contributed by atoms with van der Waals surface area (Å²) in [4.78, 5) is 12.4. The van der Waals surface area contributed by atoms with Gasteiger partial charge in [0, 0.05) is 6.20 Å². The summed E-state index contributed by atoms with van der Waals surface area (Å²) in [7, 11) is 0. The second kappa shape index (κ2) is 8.16.